The number of fused-ring (bicyclic) bond motifs is 1. The van der Waals surface area contributed by atoms with Gasteiger partial charge in [0.25, 0.3) is 5.91 Å². The summed E-state index contributed by atoms with van der Waals surface area (Å²) in [6.07, 6.45) is 1.97. The van der Waals surface area contributed by atoms with Crippen LogP contribution < -0.4 is 11.1 Å². The molecule has 5 rings (SSSR count). The van der Waals surface area contributed by atoms with Crippen molar-refractivity contribution in [3.05, 3.63) is 71.0 Å². The normalized spacial score (nSPS) is 15.7. The number of piperidine rings is 1. The van der Waals surface area contributed by atoms with Crippen molar-refractivity contribution in [2.75, 3.05) is 18.8 Å². The lowest BCUT2D eigenvalue weighted by Gasteiger charge is -2.30. The Hall–Kier alpha value is -4.18. The number of carboxylic acid groups (broad SMARTS) is 1. The Labute approximate surface area is 211 Å². The molecule has 1 fully saturated rings. The number of rotatable bonds is 5. The zero-order valence-electron chi connectivity index (χ0n) is 19.3. The maximum Gasteiger partial charge on any atom is 0.407 e. The molecule has 1 saturated heterocycles. The number of hydrogen-bond donors (Lipinski definition) is 3. The number of aromatic nitrogens is 4. The topological polar surface area (TPSA) is 139 Å². The highest BCUT2D eigenvalue weighted by Gasteiger charge is 2.28. The van der Waals surface area contributed by atoms with E-state index in [1.54, 1.807) is 28.9 Å². The molecule has 0 radical (unpaired) electrons. The average Bonchev–Trinajstić information content (AvgIpc) is 3.29. The number of benzene rings is 2. The first-order valence-electron chi connectivity index (χ1n) is 11.5. The van der Waals surface area contributed by atoms with Gasteiger partial charge in [-0.15, -0.1) is 0 Å². The van der Waals surface area contributed by atoms with Crippen molar-refractivity contribution in [1.82, 2.24) is 30.0 Å². The van der Waals surface area contributed by atoms with Crippen LogP contribution >= 0.6 is 11.6 Å². The van der Waals surface area contributed by atoms with Crippen LogP contribution in [0.3, 0.4) is 0 Å². The van der Waals surface area contributed by atoms with Gasteiger partial charge in [-0.05, 0) is 30.5 Å². The molecule has 184 valence electrons. The smallest absolute Gasteiger partial charge is 0.407 e. The maximum absolute atomic E-state index is 12.5. The Morgan fingerprint density at radius 1 is 1.14 bits per heavy atom. The Bertz CT molecular complexity index is 1440. The summed E-state index contributed by atoms with van der Waals surface area (Å²) in [6.45, 7) is 1.17. The number of nitrogen functional groups attached to an aromatic ring is 1. The summed E-state index contributed by atoms with van der Waals surface area (Å²) < 4.78 is 1.77. The fourth-order valence-electron chi connectivity index (χ4n) is 4.48. The van der Waals surface area contributed by atoms with Crippen LogP contribution in [0.2, 0.25) is 5.02 Å². The number of carbonyl (C=O) groups is 2. The third kappa shape index (κ3) is 4.55. The monoisotopic (exact) mass is 505 g/mol. The van der Waals surface area contributed by atoms with Crippen molar-refractivity contribution in [2.24, 2.45) is 0 Å². The molecule has 0 bridgehead atoms. The second-order valence-corrected chi connectivity index (χ2v) is 9.04. The van der Waals surface area contributed by atoms with E-state index in [9.17, 15) is 14.7 Å². The summed E-state index contributed by atoms with van der Waals surface area (Å²) in [5.74, 6) is 0.0606. The zero-order chi connectivity index (χ0) is 25.2. The molecule has 36 heavy (non-hydrogen) atoms. The molecule has 0 saturated carbocycles. The van der Waals surface area contributed by atoms with Crippen LogP contribution in [0.25, 0.3) is 22.3 Å². The predicted octanol–water partition coefficient (Wildman–Crippen LogP) is 3.97. The Morgan fingerprint density at radius 2 is 1.92 bits per heavy atom. The van der Waals surface area contributed by atoms with Gasteiger partial charge in [-0.1, -0.05) is 48.0 Å². The van der Waals surface area contributed by atoms with Gasteiger partial charge in [-0.25, -0.2) is 19.4 Å². The van der Waals surface area contributed by atoms with Crippen molar-refractivity contribution in [3.8, 4) is 11.3 Å². The first-order valence-corrected chi connectivity index (χ1v) is 11.9. The number of nitrogens with zero attached hydrogens (tertiary/aromatic N) is 5. The van der Waals surface area contributed by atoms with Crippen LogP contribution in [0.5, 0.6) is 0 Å². The molecule has 11 heteroatoms. The van der Waals surface area contributed by atoms with Crippen molar-refractivity contribution in [2.45, 2.75) is 25.4 Å². The Morgan fingerprint density at radius 3 is 2.67 bits per heavy atom. The highest BCUT2D eigenvalue weighted by atomic mass is 35.5. The number of halogens is 1. The van der Waals surface area contributed by atoms with E-state index in [4.69, 9.17) is 22.4 Å². The molecule has 2 amide bonds. The molecular weight excluding hydrogens is 482 g/mol. The molecule has 1 aliphatic rings. The molecule has 0 aliphatic carbocycles. The van der Waals surface area contributed by atoms with Crippen molar-refractivity contribution >= 4 is 40.5 Å². The van der Waals surface area contributed by atoms with Crippen molar-refractivity contribution < 1.29 is 14.7 Å². The van der Waals surface area contributed by atoms with Gasteiger partial charge in [0.05, 0.1) is 22.0 Å². The van der Waals surface area contributed by atoms with Crippen LogP contribution in [-0.2, 0) is 6.54 Å². The van der Waals surface area contributed by atoms with E-state index in [1.165, 1.54) is 11.2 Å². The highest BCUT2D eigenvalue weighted by molar-refractivity contribution is 6.33. The molecule has 1 atom stereocenters. The summed E-state index contributed by atoms with van der Waals surface area (Å²) in [4.78, 5) is 33.9. The quantitative estimate of drug-likeness (QED) is 0.373. The van der Waals surface area contributed by atoms with E-state index >= 15 is 0 Å². The summed E-state index contributed by atoms with van der Waals surface area (Å²) in [5.41, 5.74) is 9.56. The summed E-state index contributed by atoms with van der Waals surface area (Å²) in [7, 11) is 0. The molecule has 10 nitrogen and oxygen atoms in total. The summed E-state index contributed by atoms with van der Waals surface area (Å²) in [5, 5.41) is 18.2. The molecule has 0 unspecified atom stereocenters. The minimum atomic E-state index is -0.942. The van der Waals surface area contributed by atoms with E-state index < -0.39 is 6.09 Å². The lowest BCUT2D eigenvalue weighted by atomic mass is 10.1. The van der Waals surface area contributed by atoms with Crippen LogP contribution in [0.15, 0.2) is 54.9 Å². The largest absolute Gasteiger partial charge is 0.465 e. The first kappa shape index (κ1) is 23.6. The van der Waals surface area contributed by atoms with Crippen LogP contribution in [0.4, 0.5) is 10.6 Å². The Balaban J connectivity index is 1.40. The number of anilines is 1. The Kier molecular flexibility index (Phi) is 6.43. The second kappa shape index (κ2) is 9.82. The number of nitrogens with one attached hydrogen (secondary N) is 1. The first-order chi connectivity index (χ1) is 17.4. The molecule has 3 heterocycles. The molecule has 4 N–H and O–H groups in total. The third-order valence-electron chi connectivity index (χ3n) is 6.33. The average molecular weight is 506 g/mol. The van der Waals surface area contributed by atoms with Crippen LogP contribution in [-0.4, -0.2) is 54.8 Å². The van der Waals surface area contributed by atoms with E-state index in [1.807, 2.05) is 24.3 Å². The number of carbonyl (C=O) groups excluding carboxylic acids is 1. The fraction of sp³-hybridized carbons (Fsp3) is 0.240. The summed E-state index contributed by atoms with van der Waals surface area (Å²) in [6, 6.07) is 14.4. The van der Waals surface area contributed by atoms with Crippen molar-refractivity contribution in [3.63, 3.8) is 0 Å². The van der Waals surface area contributed by atoms with Crippen molar-refractivity contribution in [1.29, 1.82) is 0 Å². The van der Waals surface area contributed by atoms with Gasteiger partial charge >= 0.3 is 6.09 Å². The standard InChI is InChI=1S/C25H24ClN7O3/c26-19-6-2-1-5-18(19)24(34)28-12-15-7-9-16(10-8-15)21-20-22(27)29-14-30-23(20)33(31-21)17-4-3-11-32(13-17)25(35)36/h1-2,5-10,14,17H,3-4,11-13H2,(H,28,34)(H,35,36)(H2,27,29,30)/t17-/m1/s1. The third-order valence-corrected chi connectivity index (χ3v) is 6.66. The van der Waals surface area contributed by atoms with E-state index in [-0.39, 0.29) is 11.9 Å². The highest BCUT2D eigenvalue weighted by Crippen LogP contribution is 2.33. The van der Waals surface area contributed by atoms with Gasteiger partial charge in [0, 0.05) is 25.2 Å². The van der Waals surface area contributed by atoms with E-state index in [2.05, 4.69) is 15.3 Å². The molecule has 0 spiro atoms. The van der Waals surface area contributed by atoms with Gasteiger partial charge in [0.2, 0.25) is 0 Å². The predicted molar refractivity (Wildman–Crippen MR) is 136 cm³/mol. The van der Waals surface area contributed by atoms with Gasteiger partial charge in [0.1, 0.15) is 17.8 Å². The molecule has 2 aromatic heterocycles. The lowest BCUT2D eigenvalue weighted by Crippen LogP contribution is -2.40. The molecule has 4 aromatic rings. The van der Waals surface area contributed by atoms with Gasteiger partial charge in [0.15, 0.2) is 5.65 Å². The maximum atomic E-state index is 12.5. The van der Waals surface area contributed by atoms with E-state index in [0.717, 1.165) is 24.0 Å². The lowest BCUT2D eigenvalue weighted by molar-refractivity contribution is 0.0951. The van der Waals surface area contributed by atoms with Crippen LogP contribution in [0, 0.1) is 0 Å². The molecule has 2 aromatic carbocycles. The van der Waals surface area contributed by atoms with E-state index in [0.29, 0.717) is 52.8 Å². The van der Waals surface area contributed by atoms with Gasteiger partial charge in [-0.3, -0.25) is 4.79 Å². The number of hydrogen-bond acceptors (Lipinski definition) is 6. The minimum absolute atomic E-state index is 0.153. The molecular formula is C25H24ClN7O3. The number of amides is 2. The number of likely N-dealkylation sites (tertiary alicyclic amines) is 1. The zero-order valence-corrected chi connectivity index (χ0v) is 20.0. The number of nitrogens with two attached hydrogens (primary N) is 1. The fourth-order valence-corrected chi connectivity index (χ4v) is 4.71. The summed E-state index contributed by atoms with van der Waals surface area (Å²) >= 11 is 6.11. The minimum Gasteiger partial charge on any atom is -0.465 e. The SMILES string of the molecule is Nc1ncnc2c1c(-c1ccc(CNC(=O)c3ccccc3Cl)cc1)nn2[C@@H]1CCCN(C(=O)O)C1. The molecule has 1 aliphatic heterocycles. The van der Waals surface area contributed by atoms with Crippen LogP contribution in [0.1, 0.15) is 34.8 Å². The second-order valence-electron chi connectivity index (χ2n) is 8.63. The van der Waals surface area contributed by atoms with Gasteiger partial charge < -0.3 is 21.1 Å². The van der Waals surface area contributed by atoms with Gasteiger partial charge in [-0.2, -0.15) is 5.10 Å².